The number of carbonyl (C=O) groups excluding carboxylic acids is 1. The van der Waals surface area contributed by atoms with E-state index in [-0.39, 0.29) is 30.1 Å². The highest BCUT2D eigenvalue weighted by Crippen LogP contribution is 2.47. The summed E-state index contributed by atoms with van der Waals surface area (Å²) in [5, 5.41) is 50.8. The second-order valence-electron chi connectivity index (χ2n) is 11.3. The number of halogens is 3. The van der Waals surface area contributed by atoms with Gasteiger partial charge in [-0.1, -0.05) is 5.21 Å². The molecule has 1 amide bonds. The molecule has 0 bridgehead atoms. The van der Waals surface area contributed by atoms with Crippen molar-refractivity contribution in [1.29, 1.82) is 0 Å². The van der Waals surface area contributed by atoms with Crippen molar-refractivity contribution in [1.82, 2.24) is 24.9 Å². The summed E-state index contributed by atoms with van der Waals surface area (Å²) in [5.74, 6) is -4.05. The number of aromatic nitrogens is 4. The summed E-state index contributed by atoms with van der Waals surface area (Å²) in [4.78, 5) is 18.8. The second kappa shape index (κ2) is 11.4. The summed E-state index contributed by atoms with van der Waals surface area (Å²) < 4.78 is 48.7. The molecule has 6 atom stereocenters. The van der Waals surface area contributed by atoms with Gasteiger partial charge in [-0.15, -0.1) is 16.9 Å². The van der Waals surface area contributed by atoms with Gasteiger partial charge in [-0.05, 0) is 38.7 Å². The van der Waals surface area contributed by atoms with Gasteiger partial charge < -0.3 is 30.1 Å². The molecule has 2 aromatic heterocycles. The topological polar surface area (TPSA) is 154 Å². The van der Waals surface area contributed by atoms with E-state index in [1.807, 2.05) is 0 Å². The van der Waals surface area contributed by atoms with Gasteiger partial charge in [0.15, 0.2) is 0 Å². The van der Waals surface area contributed by atoms with E-state index < -0.39 is 77.9 Å². The van der Waals surface area contributed by atoms with Crippen LogP contribution < -0.4 is 0 Å². The third kappa shape index (κ3) is 6.11. The summed E-state index contributed by atoms with van der Waals surface area (Å²) in [6, 6.07) is 0.301. The second-order valence-corrected chi connectivity index (χ2v) is 12.5. The summed E-state index contributed by atoms with van der Waals surface area (Å²) in [5.41, 5.74) is -2.03. The minimum absolute atomic E-state index is 0.0191. The third-order valence-corrected chi connectivity index (χ3v) is 9.82. The molecule has 3 fully saturated rings. The van der Waals surface area contributed by atoms with E-state index in [0.29, 0.717) is 5.56 Å². The van der Waals surface area contributed by atoms with Crippen molar-refractivity contribution in [3.8, 4) is 11.3 Å². The van der Waals surface area contributed by atoms with E-state index in [2.05, 4.69) is 15.3 Å². The van der Waals surface area contributed by atoms with Crippen molar-refractivity contribution < 1.29 is 43.1 Å². The lowest BCUT2D eigenvalue weighted by atomic mass is 9.80. The Morgan fingerprint density at radius 1 is 1.24 bits per heavy atom. The first-order valence-corrected chi connectivity index (χ1v) is 14.5. The first-order valence-electron chi connectivity index (χ1n) is 13.5. The Morgan fingerprint density at radius 2 is 1.93 bits per heavy atom. The fourth-order valence-corrected chi connectivity index (χ4v) is 7.00. The van der Waals surface area contributed by atoms with Gasteiger partial charge in [0.05, 0.1) is 18.4 Å². The SMILES string of the molecule is Cc1cc(-c2cn([C@H]3[C@@H](O)[C@@H](CO)O[C@@H](S[C@H](C(=O)N(C)C4CC4)C4(O)CCC(F)(F)CC4)[C@@H]3O)nn2)cnc1F. The molecule has 2 aliphatic carbocycles. The maximum atomic E-state index is 14.0. The molecular formula is C26H34F3N5O6S. The number of alkyl halides is 2. The molecule has 1 aliphatic heterocycles. The van der Waals surface area contributed by atoms with Gasteiger partial charge in [0.25, 0.3) is 0 Å². The minimum Gasteiger partial charge on any atom is -0.394 e. The Hall–Kier alpha value is -2.30. The zero-order chi connectivity index (χ0) is 29.7. The van der Waals surface area contributed by atoms with Crippen LogP contribution in [0.25, 0.3) is 11.3 Å². The summed E-state index contributed by atoms with van der Waals surface area (Å²) in [6.07, 6.45) is -1.72. The third-order valence-electron chi connectivity index (χ3n) is 8.25. The largest absolute Gasteiger partial charge is 0.394 e. The maximum absolute atomic E-state index is 14.0. The highest BCUT2D eigenvalue weighted by Gasteiger charge is 2.54. The zero-order valence-electron chi connectivity index (χ0n) is 22.6. The van der Waals surface area contributed by atoms with Crippen LogP contribution in [-0.4, -0.2) is 111 Å². The average molecular weight is 602 g/mol. The van der Waals surface area contributed by atoms with E-state index >= 15 is 0 Å². The van der Waals surface area contributed by atoms with E-state index in [0.717, 1.165) is 24.6 Å². The van der Waals surface area contributed by atoms with Gasteiger partial charge in [0, 0.05) is 43.3 Å². The van der Waals surface area contributed by atoms with Crippen molar-refractivity contribution >= 4 is 17.7 Å². The van der Waals surface area contributed by atoms with Crippen molar-refractivity contribution in [2.75, 3.05) is 13.7 Å². The Bertz CT molecular complexity index is 1260. The lowest BCUT2D eigenvalue weighted by Gasteiger charge is -2.46. The lowest BCUT2D eigenvalue weighted by molar-refractivity contribution is -0.179. The number of aliphatic hydroxyl groups excluding tert-OH is 3. The Balaban J connectivity index is 1.43. The molecule has 4 N–H and O–H groups in total. The Morgan fingerprint density at radius 3 is 2.54 bits per heavy atom. The number of aliphatic hydroxyl groups is 4. The number of hydrogen-bond acceptors (Lipinski definition) is 10. The number of ether oxygens (including phenoxy) is 1. The van der Waals surface area contributed by atoms with Crippen LogP contribution >= 0.6 is 11.8 Å². The number of amides is 1. The lowest BCUT2D eigenvalue weighted by Crippen LogP contribution is -2.58. The van der Waals surface area contributed by atoms with E-state index in [9.17, 15) is 38.4 Å². The summed E-state index contributed by atoms with van der Waals surface area (Å²) >= 11 is 0.793. The molecule has 11 nitrogen and oxygen atoms in total. The molecule has 2 saturated carbocycles. The number of nitrogens with zero attached hydrogens (tertiary/aromatic N) is 5. The van der Waals surface area contributed by atoms with Crippen LogP contribution in [0.5, 0.6) is 0 Å². The molecular weight excluding hydrogens is 567 g/mol. The molecule has 5 rings (SSSR count). The van der Waals surface area contributed by atoms with Crippen LogP contribution in [0.3, 0.4) is 0 Å². The molecule has 41 heavy (non-hydrogen) atoms. The van der Waals surface area contributed by atoms with Gasteiger partial charge in [0.1, 0.15) is 40.7 Å². The normalized spacial score (nSPS) is 30.1. The average Bonchev–Trinajstić information content (AvgIpc) is 3.68. The fourth-order valence-electron chi connectivity index (χ4n) is 5.43. The molecule has 2 aromatic rings. The summed E-state index contributed by atoms with van der Waals surface area (Å²) in [6.45, 7) is 0.900. The number of carbonyl (C=O) groups is 1. The number of aryl methyl sites for hydroxylation is 1. The van der Waals surface area contributed by atoms with Gasteiger partial charge >= 0.3 is 0 Å². The molecule has 1 saturated heterocycles. The van der Waals surface area contributed by atoms with Crippen molar-refractivity contribution in [2.24, 2.45) is 0 Å². The number of rotatable bonds is 8. The molecule has 0 radical (unpaired) electrons. The quantitative estimate of drug-likeness (QED) is 0.327. The molecule has 15 heteroatoms. The first-order chi connectivity index (χ1) is 19.3. The highest BCUT2D eigenvalue weighted by molar-refractivity contribution is 8.01. The van der Waals surface area contributed by atoms with Crippen molar-refractivity contribution in [3.63, 3.8) is 0 Å². The van der Waals surface area contributed by atoms with Crippen LogP contribution in [-0.2, 0) is 9.53 Å². The molecule has 0 unspecified atom stereocenters. The van der Waals surface area contributed by atoms with Crippen molar-refractivity contribution in [3.05, 3.63) is 30.0 Å². The standard InChI is InChI=1S/C26H34F3N5O6S/c1-13-9-14(10-30-22(13)27)16-11-34(32-31-16)18-19(36)17(12-35)40-24(20(18)37)41-21(23(38)33(2)15-3-4-15)25(39)5-7-26(28,29)8-6-25/h9-11,15,17-21,24,35-37,39H,3-8,12H2,1-2H3/t17-,18+,19+,20-,21-,24+/m1/s1. The molecule has 226 valence electrons. The molecule has 0 spiro atoms. The summed E-state index contributed by atoms with van der Waals surface area (Å²) in [7, 11) is 1.60. The van der Waals surface area contributed by atoms with E-state index in [4.69, 9.17) is 4.74 Å². The predicted octanol–water partition coefficient (Wildman–Crippen LogP) is 1.43. The zero-order valence-corrected chi connectivity index (χ0v) is 23.4. The fraction of sp³-hybridized carbons (Fsp3) is 0.692. The van der Waals surface area contributed by atoms with Crippen LogP contribution in [0.15, 0.2) is 18.5 Å². The highest BCUT2D eigenvalue weighted by atomic mass is 32.2. The van der Waals surface area contributed by atoms with Gasteiger partial charge in [-0.25, -0.2) is 18.4 Å². The molecule has 0 aromatic carbocycles. The van der Waals surface area contributed by atoms with Crippen molar-refractivity contribution in [2.45, 2.75) is 98.1 Å². The number of pyridine rings is 1. The predicted molar refractivity (Wildman–Crippen MR) is 140 cm³/mol. The number of hydrogen-bond donors (Lipinski definition) is 4. The van der Waals surface area contributed by atoms with E-state index in [1.165, 1.54) is 35.0 Å². The van der Waals surface area contributed by atoms with Crippen LogP contribution in [0, 0.1) is 12.9 Å². The van der Waals surface area contributed by atoms with Crippen LogP contribution in [0.1, 0.15) is 50.1 Å². The van der Waals surface area contributed by atoms with Crippen LogP contribution in [0.4, 0.5) is 13.2 Å². The monoisotopic (exact) mass is 601 g/mol. The molecule has 3 aliphatic rings. The van der Waals surface area contributed by atoms with Crippen LogP contribution in [0.2, 0.25) is 0 Å². The van der Waals surface area contributed by atoms with Gasteiger partial charge in [-0.2, -0.15) is 4.39 Å². The van der Waals surface area contributed by atoms with E-state index in [1.54, 1.807) is 7.05 Å². The Labute approximate surface area is 238 Å². The first kappa shape index (κ1) is 30.2. The smallest absolute Gasteiger partial charge is 0.248 e. The minimum atomic E-state index is -2.95. The number of thioether (sulfide) groups is 1. The molecule has 3 heterocycles. The van der Waals surface area contributed by atoms with Gasteiger partial charge in [-0.3, -0.25) is 4.79 Å². The Kier molecular flexibility index (Phi) is 8.40. The van der Waals surface area contributed by atoms with Gasteiger partial charge in [0.2, 0.25) is 17.8 Å². The maximum Gasteiger partial charge on any atom is 0.248 e.